The van der Waals surface area contributed by atoms with Crippen molar-refractivity contribution >= 4 is 48.6 Å². The van der Waals surface area contributed by atoms with Crippen molar-refractivity contribution in [3.05, 3.63) is 257 Å². The maximum absolute atomic E-state index is 2.49. The third kappa shape index (κ3) is 4.84. The van der Waals surface area contributed by atoms with Gasteiger partial charge >= 0.3 is 0 Å². The minimum atomic E-state index is -0.455. The van der Waals surface area contributed by atoms with Gasteiger partial charge in [0.1, 0.15) is 0 Å². The van der Waals surface area contributed by atoms with Crippen LogP contribution in [0, 0.1) is 0 Å². The Bertz CT molecular complexity index is 3200. The van der Waals surface area contributed by atoms with Crippen LogP contribution in [0.1, 0.15) is 45.9 Å². The van der Waals surface area contributed by atoms with Crippen molar-refractivity contribution in [1.29, 1.82) is 0 Å². The lowest BCUT2D eigenvalue weighted by Gasteiger charge is -2.34. The summed E-state index contributed by atoms with van der Waals surface area (Å²) in [5.41, 5.74) is 16.9. The van der Waals surface area contributed by atoms with E-state index in [2.05, 4.69) is 230 Å². The zero-order valence-corrected chi connectivity index (χ0v) is 33.5. The quantitative estimate of drug-likeness (QED) is 0.163. The lowest BCUT2D eigenvalue weighted by Crippen LogP contribution is -2.28. The lowest BCUT2D eigenvalue weighted by atomic mass is 9.68. The first-order valence-electron chi connectivity index (χ1n) is 20.5. The fraction of sp³-hybridized carbons (Fsp3) is 0.0526. The molecule has 1 aromatic heterocycles. The summed E-state index contributed by atoms with van der Waals surface area (Å²) in [7, 11) is 0. The molecule has 0 bridgehead atoms. The first-order chi connectivity index (χ1) is 29.1. The molecule has 12 rings (SSSR count). The highest BCUT2D eigenvalue weighted by molar-refractivity contribution is 7.25. The Hall–Kier alpha value is -7.00. The Morgan fingerprint density at radius 2 is 0.831 bits per heavy atom. The summed E-state index contributed by atoms with van der Waals surface area (Å²) in [4.78, 5) is 2.49. The maximum Gasteiger partial charge on any atom is 0.0713 e. The van der Waals surface area contributed by atoms with Crippen LogP contribution in [0.2, 0.25) is 0 Å². The van der Waals surface area contributed by atoms with Crippen LogP contribution in [-0.4, -0.2) is 0 Å². The zero-order valence-electron chi connectivity index (χ0n) is 32.6. The van der Waals surface area contributed by atoms with Gasteiger partial charge in [0.2, 0.25) is 0 Å². The molecule has 0 saturated carbocycles. The molecule has 59 heavy (non-hydrogen) atoms. The van der Waals surface area contributed by atoms with Crippen molar-refractivity contribution in [2.24, 2.45) is 0 Å². The van der Waals surface area contributed by atoms with E-state index in [1.807, 2.05) is 11.3 Å². The Morgan fingerprint density at radius 3 is 1.56 bits per heavy atom. The van der Waals surface area contributed by atoms with E-state index in [-0.39, 0.29) is 5.41 Å². The molecule has 10 aromatic rings. The minimum Gasteiger partial charge on any atom is -0.310 e. The van der Waals surface area contributed by atoms with E-state index < -0.39 is 5.41 Å². The largest absolute Gasteiger partial charge is 0.310 e. The molecular formula is C57H39NS. The van der Waals surface area contributed by atoms with Crippen molar-refractivity contribution in [2.45, 2.75) is 17.8 Å². The molecule has 0 aliphatic heterocycles. The van der Waals surface area contributed by atoms with Gasteiger partial charge in [0, 0.05) is 42.6 Å². The van der Waals surface area contributed by atoms with Crippen molar-refractivity contribution < 1.29 is 0 Å². The topological polar surface area (TPSA) is 3.24 Å². The van der Waals surface area contributed by atoms with Crippen LogP contribution in [0.4, 0.5) is 17.1 Å². The standard InChI is InChI=1S/C57H39NS/c1-56(38-17-5-2-6-18-38)50-26-14-11-23-44(50)46-32-29-43(37-53(46)56)58(42-31-34-55-49(36-42)47-25-13-16-28-54(47)59-55)41-30-33-52-48(35-41)45-24-12-15-27-51(45)57(52,39-19-7-3-8-20-39)40-21-9-4-10-22-40/h2-37H,1H3. The Balaban J connectivity index is 1.12. The van der Waals surface area contributed by atoms with Gasteiger partial charge in [0.15, 0.2) is 0 Å². The summed E-state index contributed by atoms with van der Waals surface area (Å²) in [6.07, 6.45) is 0. The highest BCUT2D eigenvalue weighted by atomic mass is 32.1. The molecule has 0 N–H and O–H groups in total. The number of hydrogen-bond acceptors (Lipinski definition) is 2. The zero-order chi connectivity index (χ0) is 39.1. The number of nitrogens with zero attached hydrogens (tertiary/aromatic N) is 1. The first-order valence-corrected chi connectivity index (χ1v) is 21.3. The number of benzene rings is 9. The van der Waals surface area contributed by atoms with Gasteiger partial charge in [-0.25, -0.2) is 0 Å². The van der Waals surface area contributed by atoms with Gasteiger partial charge in [-0.2, -0.15) is 0 Å². The van der Waals surface area contributed by atoms with Crippen LogP contribution >= 0.6 is 11.3 Å². The van der Waals surface area contributed by atoms with Crippen molar-refractivity contribution in [1.82, 2.24) is 0 Å². The Morgan fingerprint density at radius 1 is 0.339 bits per heavy atom. The van der Waals surface area contributed by atoms with E-state index in [4.69, 9.17) is 0 Å². The number of hydrogen-bond donors (Lipinski definition) is 0. The predicted molar refractivity (Wildman–Crippen MR) is 249 cm³/mol. The summed E-state index contributed by atoms with van der Waals surface area (Å²) >= 11 is 1.87. The second-order valence-corrected chi connectivity index (χ2v) is 17.2. The molecule has 0 amide bonds. The summed E-state index contributed by atoms with van der Waals surface area (Å²) in [5.74, 6) is 0. The van der Waals surface area contributed by atoms with Crippen LogP contribution < -0.4 is 4.90 Å². The normalized spacial score (nSPS) is 15.7. The molecule has 1 unspecified atom stereocenters. The monoisotopic (exact) mass is 769 g/mol. The number of rotatable bonds is 6. The SMILES string of the molecule is CC1(c2ccccc2)c2ccccc2-c2ccc(N(c3ccc4c(c3)-c3ccccc3C4(c3ccccc3)c3ccccc3)c3ccc4sc5ccccc5c4c3)cc21. The summed E-state index contributed by atoms with van der Waals surface area (Å²) in [6, 6.07) is 81.4. The van der Waals surface area contributed by atoms with E-state index in [1.165, 1.54) is 81.4 Å². The van der Waals surface area contributed by atoms with Crippen LogP contribution in [0.3, 0.4) is 0 Å². The Kier molecular flexibility index (Phi) is 7.51. The van der Waals surface area contributed by atoms with Crippen LogP contribution in [0.5, 0.6) is 0 Å². The van der Waals surface area contributed by atoms with Crippen molar-refractivity contribution in [3.63, 3.8) is 0 Å². The van der Waals surface area contributed by atoms with Crippen LogP contribution in [-0.2, 0) is 10.8 Å². The van der Waals surface area contributed by atoms with Crippen molar-refractivity contribution in [2.75, 3.05) is 4.90 Å². The van der Waals surface area contributed by atoms with Gasteiger partial charge in [-0.3, -0.25) is 0 Å². The predicted octanol–water partition coefficient (Wildman–Crippen LogP) is 15.2. The first kappa shape index (κ1) is 34.1. The van der Waals surface area contributed by atoms with Gasteiger partial charge in [-0.15, -0.1) is 11.3 Å². The van der Waals surface area contributed by atoms with E-state index in [1.54, 1.807) is 0 Å². The van der Waals surface area contributed by atoms with Gasteiger partial charge < -0.3 is 4.90 Å². The molecule has 9 aromatic carbocycles. The second-order valence-electron chi connectivity index (χ2n) is 16.1. The van der Waals surface area contributed by atoms with Gasteiger partial charge in [0.05, 0.1) is 5.41 Å². The van der Waals surface area contributed by atoms with Crippen molar-refractivity contribution in [3.8, 4) is 22.3 Å². The summed E-state index contributed by atoms with van der Waals surface area (Å²) < 4.78 is 2.61. The molecule has 1 nitrogen and oxygen atoms in total. The van der Waals surface area contributed by atoms with Gasteiger partial charge in [-0.1, -0.05) is 170 Å². The number of fused-ring (bicyclic) bond motifs is 9. The fourth-order valence-electron chi connectivity index (χ4n) is 10.6. The maximum atomic E-state index is 2.49. The molecule has 0 spiro atoms. The van der Waals surface area contributed by atoms with Gasteiger partial charge in [-0.05, 0) is 117 Å². The second kappa shape index (κ2) is 13.0. The molecular weight excluding hydrogens is 731 g/mol. The molecule has 2 heteroatoms. The Labute approximate surface area is 349 Å². The molecule has 278 valence electrons. The van der Waals surface area contributed by atoms with E-state index in [0.717, 1.165) is 17.1 Å². The molecule has 2 aliphatic rings. The third-order valence-electron chi connectivity index (χ3n) is 13.2. The highest BCUT2D eigenvalue weighted by Gasteiger charge is 2.46. The van der Waals surface area contributed by atoms with E-state index in [9.17, 15) is 0 Å². The number of anilines is 3. The molecule has 1 heterocycles. The molecule has 2 aliphatic carbocycles. The van der Waals surface area contributed by atoms with Crippen LogP contribution in [0.25, 0.3) is 42.4 Å². The molecule has 0 saturated heterocycles. The summed E-state index contributed by atoms with van der Waals surface area (Å²) in [6.45, 7) is 2.41. The molecule has 0 fully saturated rings. The molecule has 1 atom stereocenters. The lowest BCUT2D eigenvalue weighted by molar-refractivity contribution is 0.714. The average molecular weight is 770 g/mol. The van der Waals surface area contributed by atoms with Crippen LogP contribution in [0.15, 0.2) is 218 Å². The van der Waals surface area contributed by atoms with Gasteiger partial charge in [0.25, 0.3) is 0 Å². The molecule has 0 radical (unpaired) electrons. The van der Waals surface area contributed by atoms with E-state index in [0.29, 0.717) is 0 Å². The smallest absolute Gasteiger partial charge is 0.0713 e. The number of thiophene rings is 1. The fourth-order valence-corrected chi connectivity index (χ4v) is 11.7. The van der Waals surface area contributed by atoms with E-state index >= 15 is 0 Å². The average Bonchev–Trinajstić information content (AvgIpc) is 3.92. The highest BCUT2D eigenvalue weighted by Crippen LogP contribution is 2.58. The minimum absolute atomic E-state index is 0.315. The third-order valence-corrected chi connectivity index (χ3v) is 14.4. The summed E-state index contributed by atoms with van der Waals surface area (Å²) in [5, 5.41) is 2.59.